The van der Waals surface area contributed by atoms with E-state index in [-0.39, 0.29) is 22.5 Å². The van der Waals surface area contributed by atoms with E-state index in [1.165, 1.54) is 38.5 Å². The first-order chi connectivity index (χ1) is 7.47. The number of rotatable bonds is 1. The molecule has 1 atom stereocenters. The Bertz CT molecular complexity index is 285. The van der Waals surface area contributed by atoms with Crippen molar-refractivity contribution in [1.82, 2.24) is 0 Å². The molecule has 0 aromatic heterocycles. The zero-order valence-corrected chi connectivity index (χ0v) is 14.5. The largest absolute Gasteiger partial charge is 1.00 e. The van der Waals surface area contributed by atoms with Gasteiger partial charge >= 0.3 is 0 Å². The minimum atomic E-state index is 0. The van der Waals surface area contributed by atoms with Crippen LogP contribution in [0.1, 0.15) is 59.3 Å². The van der Waals surface area contributed by atoms with Crippen molar-refractivity contribution in [1.29, 1.82) is 0 Å². The summed E-state index contributed by atoms with van der Waals surface area (Å²) in [6.45, 7) is 7.00. The van der Waals surface area contributed by atoms with Gasteiger partial charge in [-0.25, -0.2) is 4.58 Å². The Hall–Kier alpha value is 0.630. The predicted molar refractivity (Wildman–Crippen MR) is 73.8 cm³/mol. The summed E-state index contributed by atoms with van der Waals surface area (Å²) in [6.07, 6.45) is 11.1. The van der Waals surface area contributed by atoms with Gasteiger partial charge in [0.1, 0.15) is 6.21 Å². The average molecular weight is 367 g/mol. The molecular formula is C14H25Br2N. The average Bonchev–Trinajstić information content (AvgIpc) is 2.58. The second kappa shape index (κ2) is 5.73. The SMILES string of the molecule is CC(C)(C)[N+]1=CC2(CCCCC2)CC1CBr.[Br-]. The van der Waals surface area contributed by atoms with Crippen molar-refractivity contribution in [3.8, 4) is 0 Å². The Balaban J connectivity index is 0.00000144. The molecule has 100 valence electrons. The first-order valence-corrected chi connectivity index (χ1v) is 7.79. The lowest BCUT2D eigenvalue weighted by Gasteiger charge is -2.27. The van der Waals surface area contributed by atoms with E-state index in [1.807, 2.05) is 0 Å². The van der Waals surface area contributed by atoms with Gasteiger partial charge in [-0.3, -0.25) is 0 Å². The smallest absolute Gasteiger partial charge is 0.163 e. The van der Waals surface area contributed by atoms with E-state index >= 15 is 0 Å². The lowest BCUT2D eigenvalue weighted by molar-refractivity contribution is -0.615. The number of nitrogens with zero attached hydrogens (tertiary/aromatic N) is 1. The molecular weight excluding hydrogens is 342 g/mol. The zero-order valence-electron chi connectivity index (χ0n) is 11.3. The molecule has 0 aromatic rings. The number of halogens is 2. The van der Waals surface area contributed by atoms with Gasteiger partial charge in [-0.15, -0.1) is 0 Å². The first-order valence-electron chi connectivity index (χ1n) is 6.67. The van der Waals surface area contributed by atoms with Crippen LogP contribution in [0, 0.1) is 5.41 Å². The van der Waals surface area contributed by atoms with Crippen LogP contribution in [0.15, 0.2) is 0 Å². The van der Waals surface area contributed by atoms with Crippen molar-refractivity contribution in [2.45, 2.75) is 70.9 Å². The fourth-order valence-corrected chi connectivity index (χ4v) is 4.02. The van der Waals surface area contributed by atoms with Gasteiger partial charge in [-0.2, -0.15) is 0 Å². The van der Waals surface area contributed by atoms with E-state index in [2.05, 4.69) is 47.5 Å². The molecule has 0 saturated heterocycles. The first kappa shape index (κ1) is 15.7. The number of alkyl halides is 1. The summed E-state index contributed by atoms with van der Waals surface area (Å²) >= 11 is 3.70. The predicted octanol–water partition coefficient (Wildman–Crippen LogP) is 0.990. The Morgan fingerprint density at radius 1 is 1.24 bits per heavy atom. The molecule has 2 aliphatic rings. The lowest BCUT2D eigenvalue weighted by atomic mass is 9.73. The Morgan fingerprint density at radius 2 is 1.82 bits per heavy atom. The summed E-state index contributed by atoms with van der Waals surface area (Å²) in [6, 6.07) is 0.707. The lowest BCUT2D eigenvalue weighted by Crippen LogP contribution is -3.00. The molecule has 1 nitrogen and oxygen atoms in total. The van der Waals surface area contributed by atoms with Crippen molar-refractivity contribution in [2.24, 2.45) is 5.41 Å². The molecule has 0 amide bonds. The molecule has 2 rings (SSSR count). The maximum Gasteiger partial charge on any atom is 0.163 e. The molecule has 0 aromatic carbocycles. The van der Waals surface area contributed by atoms with E-state index in [4.69, 9.17) is 0 Å². The molecule has 1 heterocycles. The molecule has 17 heavy (non-hydrogen) atoms. The summed E-state index contributed by atoms with van der Waals surface area (Å²) in [5, 5.41) is 1.11. The van der Waals surface area contributed by atoms with Crippen molar-refractivity contribution >= 4 is 22.1 Å². The van der Waals surface area contributed by atoms with Crippen molar-refractivity contribution in [2.75, 3.05) is 5.33 Å². The third-order valence-corrected chi connectivity index (χ3v) is 5.00. The van der Waals surface area contributed by atoms with Crippen LogP contribution >= 0.6 is 15.9 Å². The maximum atomic E-state index is 3.70. The second-order valence-electron chi connectivity index (χ2n) is 6.64. The van der Waals surface area contributed by atoms with Crippen LogP contribution in [0.25, 0.3) is 0 Å². The minimum Gasteiger partial charge on any atom is -1.00 e. The maximum absolute atomic E-state index is 3.70. The third kappa shape index (κ3) is 3.34. The highest BCUT2D eigenvalue weighted by atomic mass is 79.9. The fraction of sp³-hybridized carbons (Fsp3) is 0.929. The molecule has 0 bridgehead atoms. The van der Waals surface area contributed by atoms with Gasteiger partial charge in [-0.1, -0.05) is 35.2 Å². The molecule has 1 aliphatic carbocycles. The highest BCUT2D eigenvalue weighted by Gasteiger charge is 2.48. The molecule has 1 aliphatic heterocycles. The van der Waals surface area contributed by atoms with Gasteiger partial charge in [0.25, 0.3) is 0 Å². The normalized spacial score (nSPS) is 27.8. The van der Waals surface area contributed by atoms with Crippen LogP contribution in [0.3, 0.4) is 0 Å². The van der Waals surface area contributed by atoms with Gasteiger partial charge in [0, 0.05) is 6.42 Å². The highest BCUT2D eigenvalue weighted by molar-refractivity contribution is 9.09. The van der Waals surface area contributed by atoms with Crippen molar-refractivity contribution in [3.63, 3.8) is 0 Å². The van der Waals surface area contributed by atoms with Gasteiger partial charge in [0.2, 0.25) is 0 Å². The molecule has 1 fully saturated rings. The topological polar surface area (TPSA) is 3.01 Å². The summed E-state index contributed by atoms with van der Waals surface area (Å²) in [5.74, 6) is 0. The van der Waals surface area contributed by atoms with Crippen LogP contribution in [-0.4, -0.2) is 27.7 Å². The van der Waals surface area contributed by atoms with Crippen LogP contribution < -0.4 is 17.0 Å². The van der Waals surface area contributed by atoms with Gasteiger partial charge in [0.05, 0.1) is 10.7 Å². The molecule has 1 saturated carbocycles. The Labute approximate surface area is 125 Å². The van der Waals surface area contributed by atoms with Crippen molar-refractivity contribution in [3.05, 3.63) is 0 Å². The Kier molecular flexibility index (Phi) is 5.29. The fourth-order valence-electron chi connectivity index (χ4n) is 3.48. The number of hydrogen-bond acceptors (Lipinski definition) is 0. The Morgan fingerprint density at radius 3 is 2.24 bits per heavy atom. The monoisotopic (exact) mass is 365 g/mol. The van der Waals surface area contributed by atoms with Crippen LogP contribution in [0.5, 0.6) is 0 Å². The second-order valence-corrected chi connectivity index (χ2v) is 7.29. The molecule has 1 spiro atoms. The van der Waals surface area contributed by atoms with E-state index in [0.29, 0.717) is 11.5 Å². The van der Waals surface area contributed by atoms with Crippen LogP contribution in [0.4, 0.5) is 0 Å². The van der Waals surface area contributed by atoms with Crippen LogP contribution in [-0.2, 0) is 0 Å². The molecule has 0 radical (unpaired) electrons. The highest BCUT2D eigenvalue weighted by Crippen LogP contribution is 2.43. The minimum absolute atomic E-state index is 0. The molecule has 0 N–H and O–H groups in total. The van der Waals surface area contributed by atoms with E-state index in [1.54, 1.807) is 0 Å². The van der Waals surface area contributed by atoms with Crippen LogP contribution in [0.2, 0.25) is 0 Å². The zero-order chi connectivity index (χ0) is 11.8. The van der Waals surface area contributed by atoms with Gasteiger partial charge in [-0.05, 0) is 33.6 Å². The summed E-state index contributed by atoms with van der Waals surface area (Å²) < 4.78 is 2.62. The van der Waals surface area contributed by atoms with Crippen molar-refractivity contribution < 1.29 is 21.6 Å². The van der Waals surface area contributed by atoms with Gasteiger partial charge in [0.15, 0.2) is 11.6 Å². The molecule has 3 heteroatoms. The third-order valence-electron chi connectivity index (χ3n) is 4.25. The van der Waals surface area contributed by atoms with E-state index < -0.39 is 0 Å². The summed E-state index contributed by atoms with van der Waals surface area (Å²) in [4.78, 5) is 0. The van der Waals surface area contributed by atoms with E-state index in [9.17, 15) is 0 Å². The number of hydrogen-bond donors (Lipinski definition) is 0. The standard InChI is InChI=1S/C14H25BrN.BrH/c1-13(2,3)16-11-14(9-12(16)10-15)7-5-4-6-8-14;/h11-12H,4-10H2,1-3H3;1H/q+1;/p-1. The van der Waals surface area contributed by atoms with E-state index in [0.717, 1.165) is 5.33 Å². The summed E-state index contributed by atoms with van der Waals surface area (Å²) in [7, 11) is 0. The molecule has 1 unspecified atom stereocenters. The summed E-state index contributed by atoms with van der Waals surface area (Å²) in [5.41, 5.74) is 0.823. The quantitative estimate of drug-likeness (QED) is 0.481. The van der Waals surface area contributed by atoms with Gasteiger partial charge < -0.3 is 17.0 Å².